The van der Waals surface area contributed by atoms with Gasteiger partial charge in [0.05, 0.1) is 31.9 Å². The Bertz CT molecular complexity index is 585. The SMILES string of the molecule is COc1ccc(Oc2nc(OC)cc(OC)n2)c(Br)c1. The lowest BCUT2D eigenvalue weighted by molar-refractivity contribution is 0.347. The van der Waals surface area contributed by atoms with Crippen LogP contribution in [0.5, 0.6) is 29.3 Å². The van der Waals surface area contributed by atoms with E-state index in [9.17, 15) is 0 Å². The number of nitrogens with zero attached hydrogens (tertiary/aromatic N) is 2. The molecule has 1 heterocycles. The van der Waals surface area contributed by atoms with Crippen LogP contribution in [0.2, 0.25) is 0 Å². The summed E-state index contributed by atoms with van der Waals surface area (Å²) in [5.74, 6) is 1.99. The van der Waals surface area contributed by atoms with E-state index in [1.807, 2.05) is 0 Å². The van der Waals surface area contributed by atoms with Crippen molar-refractivity contribution < 1.29 is 18.9 Å². The second kappa shape index (κ2) is 6.42. The molecule has 2 rings (SSSR count). The van der Waals surface area contributed by atoms with Crippen LogP contribution in [0.15, 0.2) is 28.7 Å². The molecule has 0 aliphatic rings. The maximum Gasteiger partial charge on any atom is 0.328 e. The fourth-order valence-electron chi connectivity index (χ4n) is 1.43. The highest BCUT2D eigenvalue weighted by Gasteiger charge is 2.10. The van der Waals surface area contributed by atoms with E-state index >= 15 is 0 Å². The van der Waals surface area contributed by atoms with E-state index < -0.39 is 0 Å². The van der Waals surface area contributed by atoms with Crippen molar-refractivity contribution in [3.63, 3.8) is 0 Å². The Kier molecular flexibility index (Phi) is 4.62. The van der Waals surface area contributed by atoms with E-state index in [2.05, 4.69) is 25.9 Å². The van der Waals surface area contributed by atoms with Gasteiger partial charge in [0.15, 0.2) is 0 Å². The second-order valence-electron chi connectivity index (χ2n) is 3.63. The van der Waals surface area contributed by atoms with Crippen molar-refractivity contribution in [2.45, 2.75) is 0 Å². The molecule has 6 nitrogen and oxygen atoms in total. The third-order valence-corrected chi connectivity index (χ3v) is 3.04. The van der Waals surface area contributed by atoms with Crippen LogP contribution in [0, 0.1) is 0 Å². The molecule has 0 N–H and O–H groups in total. The zero-order valence-corrected chi connectivity index (χ0v) is 12.8. The summed E-state index contributed by atoms with van der Waals surface area (Å²) in [7, 11) is 4.61. The van der Waals surface area contributed by atoms with Crippen molar-refractivity contribution in [2.24, 2.45) is 0 Å². The smallest absolute Gasteiger partial charge is 0.328 e. The van der Waals surface area contributed by atoms with Gasteiger partial charge in [-0.1, -0.05) is 0 Å². The van der Waals surface area contributed by atoms with Crippen LogP contribution in [0.3, 0.4) is 0 Å². The highest BCUT2D eigenvalue weighted by atomic mass is 79.9. The molecule has 0 aliphatic heterocycles. The molecule has 0 radical (unpaired) electrons. The van der Waals surface area contributed by atoms with Crippen molar-refractivity contribution >= 4 is 15.9 Å². The van der Waals surface area contributed by atoms with Crippen LogP contribution in [0.25, 0.3) is 0 Å². The van der Waals surface area contributed by atoms with Crippen LogP contribution in [0.1, 0.15) is 0 Å². The van der Waals surface area contributed by atoms with E-state index in [0.29, 0.717) is 23.3 Å². The molecular formula is C13H13BrN2O4. The molecule has 0 spiro atoms. The summed E-state index contributed by atoms with van der Waals surface area (Å²) in [4.78, 5) is 8.18. The quantitative estimate of drug-likeness (QED) is 0.833. The van der Waals surface area contributed by atoms with Crippen LogP contribution < -0.4 is 18.9 Å². The number of hydrogen-bond acceptors (Lipinski definition) is 6. The minimum absolute atomic E-state index is 0.132. The van der Waals surface area contributed by atoms with Crippen LogP contribution in [-0.4, -0.2) is 31.3 Å². The Hall–Kier alpha value is -2.02. The standard InChI is InChI=1S/C13H13BrN2O4/c1-17-8-4-5-10(9(14)6-8)20-13-15-11(18-2)7-12(16-13)19-3/h4-7H,1-3H3. The van der Waals surface area contributed by atoms with Gasteiger partial charge in [0.25, 0.3) is 0 Å². The van der Waals surface area contributed by atoms with Gasteiger partial charge < -0.3 is 18.9 Å². The Morgan fingerprint density at radius 1 is 0.900 bits per heavy atom. The van der Waals surface area contributed by atoms with E-state index in [0.717, 1.165) is 4.47 Å². The summed E-state index contributed by atoms with van der Waals surface area (Å²) in [6, 6.07) is 7.00. The van der Waals surface area contributed by atoms with Gasteiger partial charge in [-0.15, -0.1) is 0 Å². The first-order valence-corrected chi connectivity index (χ1v) is 6.44. The third kappa shape index (κ3) is 3.30. The average molecular weight is 341 g/mol. The molecule has 0 bridgehead atoms. The van der Waals surface area contributed by atoms with Gasteiger partial charge in [-0.25, -0.2) is 0 Å². The van der Waals surface area contributed by atoms with E-state index in [1.54, 1.807) is 31.4 Å². The highest BCUT2D eigenvalue weighted by Crippen LogP contribution is 2.32. The number of rotatable bonds is 5. The lowest BCUT2D eigenvalue weighted by Gasteiger charge is -2.09. The van der Waals surface area contributed by atoms with Crippen molar-refractivity contribution in [1.82, 2.24) is 9.97 Å². The number of benzene rings is 1. The van der Waals surface area contributed by atoms with E-state index in [1.165, 1.54) is 14.2 Å². The molecule has 2 aromatic rings. The number of methoxy groups -OCH3 is 3. The molecule has 0 unspecified atom stereocenters. The molecule has 1 aromatic carbocycles. The molecule has 0 amide bonds. The van der Waals surface area contributed by atoms with Gasteiger partial charge in [0, 0.05) is 0 Å². The summed E-state index contributed by atoms with van der Waals surface area (Å²) in [6.45, 7) is 0. The first kappa shape index (κ1) is 14.4. The zero-order chi connectivity index (χ0) is 14.5. The largest absolute Gasteiger partial charge is 0.497 e. The van der Waals surface area contributed by atoms with E-state index in [4.69, 9.17) is 18.9 Å². The van der Waals surface area contributed by atoms with Crippen molar-refractivity contribution in [3.05, 3.63) is 28.7 Å². The molecule has 0 saturated carbocycles. The third-order valence-electron chi connectivity index (χ3n) is 2.42. The maximum absolute atomic E-state index is 5.61. The van der Waals surface area contributed by atoms with Gasteiger partial charge in [0.2, 0.25) is 11.8 Å². The van der Waals surface area contributed by atoms with Gasteiger partial charge in [-0.2, -0.15) is 9.97 Å². The Labute approximate surface area is 124 Å². The molecule has 7 heteroatoms. The predicted molar refractivity (Wildman–Crippen MR) is 75.9 cm³/mol. The van der Waals surface area contributed by atoms with Gasteiger partial charge in [-0.05, 0) is 34.1 Å². The summed E-state index contributed by atoms with van der Waals surface area (Å²) < 4.78 is 21.6. The molecule has 0 fully saturated rings. The van der Waals surface area contributed by atoms with Gasteiger partial charge in [0.1, 0.15) is 11.5 Å². The van der Waals surface area contributed by atoms with Gasteiger partial charge in [-0.3, -0.25) is 0 Å². The second-order valence-corrected chi connectivity index (χ2v) is 4.49. The molecular weight excluding hydrogens is 328 g/mol. The van der Waals surface area contributed by atoms with Crippen LogP contribution in [-0.2, 0) is 0 Å². The molecule has 0 atom stereocenters. The van der Waals surface area contributed by atoms with Crippen LogP contribution in [0.4, 0.5) is 0 Å². The molecule has 1 aromatic heterocycles. The summed E-state index contributed by atoms with van der Waals surface area (Å²) in [5, 5.41) is 0. The Balaban J connectivity index is 2.29. The van der Waals surface area contributed by atoms with Gasteiger partial charge >= 0.3 is 6.01 Å². The van der Waals surface area contributed by atoms with Crippen molar-refractivity contribution in [1.29, 1.82) is 0 Å². The van der Waals surface area contributed by atoms with Crippen molar-refractivity contribution in [3.8, 4) is 29.3 Å². The number of aromatic nitrogens is 2. The molecule has 0 saturated heterocycles. The molecule has 106 valence electrons. The predicted octanol–water partition coefficient (Wildman–Crippen LogP) is 3.06. The summed E-state index contributed by atoms with van der Waals surface area (Å²) >= 11 is 3.39. The summed E-state index contributed by atoms with van der Waals surface area (Å²) in [5.41, 5.74) is 0. The number of hydrogen-bond donors (Lipinski definition) is 0. The Morgan fingerprint density at radius 3 is 2.05 bits per heavy atom. The minimum atomic E-state index is 0.132. The maximum atomic E-state index is 5.61. The zero-order valence-electron chi connectivity index (χ0n) is 11.2. The number of halogens is 1. The lowest BCUT2D eigenvalue weighted by Crippen LogP contribution is -1.98. The average Bonchev–Trinajstić information content (AvgIpc) is 2.48. The molecule has 20 heavy (non-hydrogen) atoms. The fraction of sp³-hybridized carbons (Fsp3) is 0.231. The highest BCUT2D eigenvalue weighted by molar-refractivity contribution is 9.10. The topological polar surface area (TPSA) is 62.7 Å². The van der Waals surface area contributed by atoms with Crippen LogP contribution >= 0.6 is 15.9 Å². The van der Waals surface area contributed by atoms with E-state index in [-0.39, 0.29) is 6.01 Å². The number of ether oxygens (including phenoxy) is 4. The molecule has 0 aliphatic carbocycles. The first-order chi connectivity index (χ1) is 9.66. The van der Waals surface area contributed by atoms with Crippen molar-refractivity contribution in [2.75, 3.05) is 21.3 Å². The normalized spacial score (nSPS) is 10.0. The first-order valence-electron chi connectivity index (χ1n) is 5.64. The summed E-state index contributed by atoms with van der Waals surface area (Å²) in [6.07, 6.45) is 0. The monoisotopic (exact) mass is 340 g/mol. The minimum Gasteiger partial charge on any atom is -0.497 e. The Morgan fingerprint density at radius 2 is 1.55 bits per heavy atom. The fourth-order valence-corrected chi connectivity index (χ4v) is 1.87. The lowest BCUT2D eigenvalue weighted by atomic mass is 10.3.